The number of benzene rings is 1. The second kappa shape index (κ2) is 5.46. The summed E-state index contributed by atoms with van der Waals surface area (Å²) < 4.78 is 0. The molecule has 1 saturated heterocycles. The number of fused-ring (bicyclic) bond motifs is 1. The number of carbonyl (C=O) groups is 2. The fraction of sp³-hybridized carbons (Fsp3) is 0.467. The van der Waals surface area contributed by atoms with Crippen LogP contribution in [0, 0.1) is 0 Å². The largest absolute Gasteiger partial charge is 0.480 e. The molecule has 6 nitrogen and oxygen atoms in total. The van der Waals surface area contributed by atoms with E-state index in [-0.39, 0.29) is 18.9 Å². The van der Waals surface area contributed by atoms with E-state index in [2.05, 4.69) is 5.32 Å². The Morgan fingerprint density at radius 1 is 1.29 bits per heavy atom. The number of likely N-dealkylation sites (tertiary alicyclic amines) is 1. The maximum atomic E-state index is 12.5. The Morgan fingerprint density at radius 2 is 2.10 bits per heavy atom. The first-order valence-corrected chi connectivity index (χ1v) is 7.10. The molecule has 2 heterocycles. The SMILES string of the molecule is O=C(O)[C@@H]1C[C@H](O)CN1C(=O)c1ccc2c(c1)CNCC2. The Labute approximate surface area is 122 Å². The third kappa shape index (κ3) is 2.64. The average molecular weight is 290 g/mol. The number of aliphatic hydroxyl groups is 1. The van der Waals surface area contributed by atoms with Crippen LogP contribution in [0.2, 0.25) is 0 Å². The van der Waals surface area contributed by atoms with Crippen LogP contribution in [0.15, 0.2) is 18.2 Å². The molecule has 0 radical (unpaired) electrons. The minimum absolute atomic E-state index is 0.0745. The van der Waals surface area contributed by atoms with E-state index in [9.17, 15) is 19.8 Å². The lowest BCUT2D eigenvalue weighted by Gasteiger charge is -2.23. The van der Waals surface area contributed by atoms with Crippen molar-refractivity contribution in [2.75, 3.05) is 13.1 Å². The molecule has 1 fully saturated rings. The fourth-order valence-corrected chi connectivity index (χ4v) is 3.05. The highest BCUT2D eigenvalue weighted by molar-refractivity contribution is 5.97. The van der Waals surface area contributed by atoms with Crippen molar-refractivity contribution in [3.05, 3.63) is 34.9 Å². The molecule has 0 aliphatic carbocycles. The van der Waals surface area contributed by atoms with Gasteiger partial charge >= 0.3 is 5.97 Å². The van der Waals surface area contributed by atoms with E-state index in [4.69, 9.17) is 0 Å². The summed E-state index contributed by atoms with van der Waals surface area (Å²) in [7, 11) is 0. The highest BCUT2D eigenvalue weighted by Crippen LogP contribution is 2.23. The lowest BCUT2D eigenvalue weighted by Crippen LogP contribution is -2.40. The summed E-state index contributed by atoms with van der Waals surface area (Å²) in [5, 5.41) is 22.1. The van der Waals surface area contributed by atoms with Crippen molar-refractivity contribution in [2.45, 2.75) is 31.5 Å². The zero-order chi connectivity index (χ0) is 15.0. The van der Waals surface area contributed by atoms with Gasteiger partial charge < -0.3 is 20.4 Å². The topological polar surface area (TPSA) is 89.9 Å². The van der Waals surface area contributed by atoms with E-state index >= 15 is 0 Å². The van der Waals surface area contributed by atoms with Gasteiger partial charge in [-0.2, -0.15) is 0 Å². The van der Waals surface area contributed by atoms with Crippen LogP contribution >= 0.6 is 0 Å². The van der Waals surface area contributed by atoms with Crippen molar-refractivity contribution in [1.82, 2.24) is 10.2 Å². The van der Waals surface area contributed by atoms with Gasteiger partial charge in [-0.3, -0.25) is 4.79 Å². The normalized spacial score (nSPS) is 24.7. The van der Waals surface area contributed by atoms with E-state index in [0.717, 1.165) is 25.1 Å². The van der Waals surface area contributed by atoms with Crippen LogP contribution in [0.3, 0.4) is 0 Å². The predicted molar refractivity (Wildman–Crippen MR) is 74.9 cm³/mol. The monoisotopic (exact) mass is 290 g/mol. The molecule has 1 amide bonds. The fourth-order valence-electron chi connectivity index (χ4n) is 3.05. The Hall–Kier alpha value is -1.92. The number of hydrogen-bond acceptors (Lipinski definition) is 4. The predicted octanol–water partition coefficient (Wildman–Crippen LogP) is -0.00770. The Kier molecular flexibility index (Phi) is 3.65. The van der Waals surface area contributed by atoms with Crippen molar-refractivity contribution >= 4 is 11.9 Å². The standard InChI is InChI=1S/C15H18N2O4/c18-12-6-13(15(20)21)17(8-12)14(19)10-2-1-9-3-4-16-7-11(9)5-10/h1-2,5,12-13,16,18H,3-4,6-8H2,(H,20,21)/t12-,13-/m0/s1. The molecule has 112 valence electrons. The maximum absolute atomic E-state index is 12.5. The van der Waals surface area contributed by atoms with Gasteiger partial charge in [0.1, 0.15) is 6.04 Å². The zero-order valence-electron chi connectivity index (χ0n) is 11.6. The number of nitrogens with one attached hydrogen (secondary N) is 1. The number of β-amino-alcohol motifs (C(OH)–C–C–N with tert-alkyl or cyclic N) is 1. The van der Waals surface area contributed by atoms with Gasteiger partial charge in [0.15, 0.2) is 0 Å². The van der Waals surface area contributed by atoms with Gasteiger partial charge in [0.2, 0.25) is 0 Å². The van der Waals surface area contributed by atoms with Crippen LogP contribution in [-0.2, 0) is 17.8 Å². The number of aliphatic hydroxyl groups excluding tert-OH is 1. The van der Waals surface area contributed by atoms with Crippen molar-refractivity contribution in [3.8, 4) is 0 Å². The van der Waals surface area contributed by atoms with Crippen LogP contribution in [0.25, 0.3) is 0 Å². The third-order valence-electron chi connectivity index (χ3n) is 4.16. The molecule has 0 bridgehead atoms. The summed E-state index contributed by atoms with van der Waals surface area (Å²) in [6, 6.07) is 4.57. The molecule has 2 aliphatic heterocycles. The van der Waals surface area contributed by atoms with Crippen LogP contribution in [-0.4, -0.2) is 52.2 Å². The highest BCUT2D eigenvalue weighted by Gasteiger charge is 2.39. The second-order valence-electron chi connectivity index (χ2n) is 5.61. The van der Waals surface area contributed by atoms with Gasteiger partial charge in [-0.05, 0) is 36.2 Å². The number of nitrogens with zero attached hydrogens (tertiary/aromatic N) is 1. The van der Waals surface area contributed by atoms with Gasteiger partial charge in [0.25, 0.3) is 5.91 Å². The Morgan fingerprint density at radius 3 is 2.86 bits per heavy atom. The van der Waals surface area contributed by atoms with Gasteiger partial charge in [-0.15, -0.1) is 0 Å². The molecular formula is C15H18N2O4. The van der Waals surface area contributed by atoms with Gasteiger partial charge in [0.05, 0.1) is 6.10 Å². The zero-order valence-corrected chi connectivity index (χ0v) is 11.6. The first-order valence-electron chi connectivity index (χ1n) is 7.10. The van der Waals surface area contributed by atoms with Crippen LogP contribution < -0.4 is 5.32 Å². The Bertz CT molecular complexity index is 587. The molecule has 1 aromatic carbocycles. The van der Waals surface area contributed by atoms with Gasteiger partial charge in [-0.1, -0.05) is 6.07 Å². The molecule has 3 N–H and O–H groups in total. The van der Waals surface area contributed by atoms with E-state index in [1.54, 1.807) is 6.07 Å². The second-order valence-corrected chi connectivity index (χ2v) is 5.61. The summed E-state index contributed by atoms with van der Waals surface area (Å²) in [6.07, 6.45) is 0.256. The molecule has 6 heteroatoms. The molecule has 0 spiro atoms. The summed E-state index contributed by atoms with van der Waals surface area (Å²) in [5.74, 6) is -1.40. The molecule has 0 saturated carbocycles. The van der Waals surface area contributed by atoms with E-state index in [1.807, 2.05) is 12.1 Å². The lowest BCUT2D eigenvalue weighted by atomic mass is 9.98. The van der Waals surface area contributed by atoms with E-state index < -0.39 is 18.1 Å². The van der Waals surface area contributed by atoms with Crippen LogP contribution in [0.5, 0.6) is 0 Å². The lowest BCUT2D eigenvalue weighted by molar-refractivity contribution is -0.141. The first-order chi connectivity index (χ1) is 10.1. The number of carboxylic acids is 1. The van der Waals surface area contributed by atoms with Crippen molar-refractivity contribution in [3.63, 3.8) is 0 Å². The molecule has 21 heavy (non-hydrogen) atoms. The summed E-state index contributed by atoms with van der Waals surface area (Å²) in [5.41, 5.74) is 2.79. The van der Waals surface area contributed by atoms with E-state index in [1.165, 1.54) is 10.5 Å². The Balaban J connectivity index is 1.86. The molecule has 3 rings (SSSR count). The number of rotatable bonds is 2. The molecule has 2 aliphatic rings. The number of hydrogen-bond donors (Lipinski definition) is 3. The van der Waals surface area contributed by atoms with Gasteiger partial charge in [-0.25, -0.2) is 4.79 Å². The molecule has 0 aromatic heterocycles. The molecule has 0 unspecified atom stereocenters. The molecule has 1 aromatic rings. The molecular weight excluding hydrogens is 272 g/mol. The minimum Gasteiger partial charge on any atom is -0.480 e. The number of carbonyl (C=O) groups excluding carboxylic acids is 1. The summed E-state index contributed by atoms with van der Waals surface area (Å²) >= 11 is 0. The highest BCUT2D eigenvalue weighted by atomic mass is 16.4. The summed E-state index contributed by atoms with van der Waals surface area (Å²) in [6.45, 7) is 1.73. The maximum Gasteiger partial charge on any atom is 0.326 e. The summed E-state index contributed by atoms with van der Waals surface area (Å²) in [4.78, 5) is 25.0. The van der Waals surface area contributed by atoms with Gasteiger partial charge in [0, 0.05) is 25.1 Å². The average Bonchev–Trinajstić information content (AvgIpc) is 2.88. The van der Waals surface area contributed by atoms with Crippen molar-refractivity contribution < 1.29 is 19.8 Å². The number of carboxylic acid groups (broad SMARTS) is 1. The van der Waals surface area contributed by atoms with Crippen LogP contribution in [0.4, 0.5) is 0 Å². The third-order valence-corrected chi connectivity index (χ3v) is 4.16. The van der Waals surface area contributed by atoms with E-state index in [0.29, 0.717) is 5.56 Å². The number of amides is 1. The van der Waals surface area contributed by atoms with Crippen LogP contribution in [0.1, 0.15) is 27.9 Å². The van der Waals surface area contributed by atoms with Crippen molar-refractivity contribution in [2.24, 2.45) is 0 Å². The smallest absolute Gasteiger partial charge is 0.326 e. The minimum atomic E-state index is -1.07. The number of aliphatic carboxylic acids is 1. The van der Waals surface area contributed by atoms with Crippen molar-refractivity contribution in [1.29, 1.82) is 0 Å². The quantitative estimate of drug-likeness (QED) is 0.713. The molecule has 2 atom stereocenters. The first kappa shape index (κ1) is 14.0.